The lowest BCUT2D eigenvalue weighted by Gasteiger charge is -2.05. The molecule has 130 valence electrons. The third-order valence-corrected chi connectivity index (χ3v) is 4.51. The van der Waals surface area contributed by atoms with E-state index in [1.54, 1.807) is 16.8 Å². The third kappa shape index (κ3) is 3.52. The van der Waals surface area contributed by atoms with Crippen LogP contribution in [0.1, 0.15) is 11.5 Å². The number of carbonyl (C=O) groups is 1. The molecule has 8 nitrogen and oxygen atoms in total. The maximum atomic E-state index is 12.2. The van der Waals surface area contributed by atoms with Crippen LogP contribution in [0.3, 0.4) is 0 Å². The second-order valence-corrected chi connectivity index (χ2v) is 6.44. The van der Waals surface area contributed by atoms with Crippen LogP contribution in [0.25, 0.3) is 16.5 Å². The number of furan rings is 1. The maximum absolute atomic E-state index is 12.2. The van der Waals surface area contributed by atoms with Gasteiger partial charge in [-0.15, -0.1) is 16.4 Å². The monoisotopic (exact) mass is 366 g/mol. The van der Waals surface area contributed by atoms with E-state index in [1.807, 2.05) is 36.6 Å². The average molecular weight is 366 g/mol. The van der Waals surface area contributed by atoms with Gasteiger partial charge in [-0.05, 0) is 53.7 Å². The number of nitrogens with zero attached hydrogens (tertiary/aromatic N) is 5. The lowest BCUT2D eigenvalue weighted by atomic mass is 10.2. The summed E-state index contributed by atoms with van der Waals surface area (Å²) in [5, 5.41) is 16.5. The van der Waals surface area contributed by atoms with Gasteiger partial charge in [0.15, 0.2) is 10.8 Å². The summed E-state index contributed by atoms with van der Waals surface area (Å²) >= 11 is 1.46. The van der Waals surface area contributed by atoms with Crippen LogP contribution in [0.2, 0.25) is 0 Å². The summed E-state index contributed by atoms with van der Waals surface area (Å²) in [4.78, 5) is 16.7. The molecule has 0 aliphatic heterocycles. The molecule has 0 saturated carbocycles. The average Bonchev–Trinajstić information content (AvgIpc) is 3.37. The van der Waals surface area contributed by atoms with Crippen molar-refractivity contribution in [1.29, 1.82) is 0 Å². The van der Waals surface area contributed by atoms with Gasteiger partial charge >= 0.3 is 0 Å². The molecule has 0 spiro atoms. The van der Waals surface area contributed by atoms with Gasteiger partial charge in [0.25, 0.3) is 0 Å². The maximum Gasteiger partial charge on any atom is 0.230 e. The van der Waals surface area contributed by atoms with Gasteiger partial charge in [0.1, 0.15) is 12.1 Å². The Morgan fingerprint density at radius 2 is 2.08 bits per heavy atom. The van der Waals surface area contributed by atoms with Crippen molar-refractivity contribution in [3.8, 4) is 16.5 Å². The standard InChI is InChI=1S/C17H14N6O2S/c1-11-2-7-15(25-11)17-20-13(9-26-17)8-16(24)19-12-3-5-14(6-4-12)23-10-18-21-22-23/h2-7,9-10H,8H2,1H3,(H,19,24). The molecule has 0 bridgehead atoms. The highest BCUT2D eigenvalue weighted by Gasteiger charge is 2.11. The van der Waals surface area contributed by atoms with Gasteiger partial charge < -0.3 is 9.73 Å². The summed E-state index contributed by atoms with van der Waals surface area (Å²) in [6.07, 6.45) is 1.71. The highest BCUT2D eigenvalue weighted by Crippen LogP contribution is 2.25. The van der Waals surface area contributed by atoms with Gasteiger partial charge in [0.05, 0.1) is 17.8 Å². The van der Waals surface area contributed by atoms with E-state index in [2.05, 4.69) is 25.8 Å². The Morgan fingerprint density at radius 3 is 2.77 bits per heavy atom. The lowest BCUT2D eigenvalue weighted by Crippen LogP contribution is -2.14. The zero-order valence-corrected chi connectivity index (χ0v) is 14.6. The van der Waals surface area contributed by atoms with E-state index in [-0.39, 0.29) is 12.3 Å². The van der Waals surface area contributed by atoms with Crippen LogP contribution in [0.15, 0.2) is 52.5 Å². The fourth-order valence-corrected chi connectivity index (χ4v) is 3.18. The molecule has 0 unspecified atom stereocenters. The highest BCUT2D eigenvalue weighted by atomic mass is 32.1. The van der Waals surface area contributed by atoms with Crippen molar-refractivity contribution in [3.05, 3.63) is 59.6 Å². The predicted molar refractivity (Wildman–Crippen MR) is 96.0 cm³/mol. The number of thiazole rings is 1. The van der Waals surface area contributed by atoms with Crippen molar-refractivity contribution < 1.29 is 9.21 Å². The minimum Gasteiger partial charge on any atom is -0.459 e. The molecular weight excluding hydrogens is 352 g/mol. The SMILES string of the molecule is Cc1ccc(-c2nc(CC(=O)Nc3ccc(-n4cnnn4)cc3)cs2)o1. The van der Waals surface area contributed by atoms with Crippen LogP contribution in [0.5, 0.6) is 0 Å². The fourth-order valence-electron chi connectivity index (χ4n) is 2.40. The second-order valence-electron chi connectivity index (χ2n) is 5.58. The zero-order chi connectivity index (χ0) is 17.9. The first kappa shape index (κ1) is 16.2. The number of hydrogen-bond donors (Lipinski definition) is 1. The van der Waals surface area contributed by atoms with E-state index in [9.17, 15) is 4.79 Å². The van der Waals surface area contributed by atoms with E-state index in [1.165, 1.54) is 17.7 Å². The quantitative estimate of drug-likeness (QED) is 0.583. The third-order valence-electron chi connectivity index (χ3n) is 3.61. The van der Waals surface area contributed by atoms with E-state index in [0.29, 0.717) is 11.4 Å². The number of nitrogens with one attached hydrogen (secondary N) is 1. The van der Waals surface area contributed by atoms with Crippen LogP contribution in [-0.4, -0.2) is 31.1 Å². The number of aryl methyl sites for hydroxylation is 1. The van der Waals surface area contributed by atoms with Gasteiger partial charge in [0, 0.05) is 11.1 Å². The molecule has 4 rings (SSSR count). The number of tetrazole rings is 1. The molecule has 0 saturated heterocycles. The first-order valence-electron chi connectivity index (χ1n) is 7.82. The summed E-state index contributed by atoms with van der Waals surface area (Å²) in [5.41, 5.74) is 2.22. The summed E-state index contributed by atoms with van der Waals surface area (Å²) in [5.74, 6) is 1.42. The minimum atomic E-state index is -0.132. The lowest BCUT2D eigenvalue weighted by molar-refractivity contribution is -0.115. The minimum absolute atomic E-state index is 0.132. The first-order chi connectivity index (χ1) is 12.7. The molecule has 26 heavy (non-hydrogen) atoms. The topological polar surface area (TPSA) is 98.7 Å². The molecule has 1 aromatic carbocycles. The smallest absolute Gasteiger partial charge is 0.230 e. The van der Waals surface area contributed by atoms with Crippen LogP contribution >= 0.6 is 11.3 Å². The molecule has 1 amide bonds. The summed E-state index contributed by atoms with van der Waals surface area (Å²) in [7, 11) is 0. The molecule has 3 aromatic heterocycles. The largest absolute Gasteiger partial charge is 0.459 e. The van der Waals surface area contributed by atoms with E-state index < -0.39 is 0 Å². The van der Waals surface area contributed by atoms with Gasteiger partial charge in [-0.2, -0.15) is 0 Å². The van der Waals surface area contributed by atoms with Crippen LogP contribution in [-0.2, 0) is 11.2 Å². The van der Waals surface area contributed by atoms with E-state index in [0.717, 1.165) is 22.2 Å². The van der Waals surface area contributed by atoms with Crippen molar-refractivity contribution in [3.63, 3.8) is 0 Å². The molecule has 9 heteroatoms. The number of hydrogen-bond acceptors (Lipinski definition) is 7. The van der Waals surface area contributed by atoms with Crippen molar-refractivity contribution in [2.24, 2.45) is 0 Å². The van der Waals surface area contributed by atoms with E-state index in [4.69, 9.17) is 4.42 Å². The molecule has 0 atom stereocenters. The Hall–Kier alpha value is -3.33. The Bertz CT molecular complexity index is 1020. The number of amides is 1. The second kappa shape index (κ2) is 6.89. The number of anilines is 1. The van der Waals surface area contributed by atoms with Crippen LogP contribution < -0.4 is 5.32 Å². The Balaban J connectivity index is 1.39. The molecule has 0 fully saturated rings. The molecule has 0 radical (unpaired) electrons. The van der Waals surface area contributed by atoms with Crippen LogP contribution in [0, 0.1) is 6.92 Å². The molecule has 0 aliphatic carbocycles. The summed E-state index contributed by atoms with van der Waals surface area (Å²) in [6, 6.07) is 11.0. The van der Waals surface area contributed by atoms with Crippen molar-refractivity contribution in [2.45, 2.75) is 13.3 Å². The van der Waals surface area contributed by atoms with Crippen molar-refractivity contribution in [2.75, 3.05) is 5.32 Å². The highest BCUT2D eigenvalue weighted by molar-refractivity contribution is 7.13. The molecule has 4 aromatic rings. The predicted octanol–water partition coefficient (Wildman–Crippen LogP) is 2.87. The molecule has 0 aliphatic rings. The molecule has 3 heterocycles. The fraction of sp³-hybridized carbons (Fsp3) is 0.118. The van der Waals surface area contributed by atoms with Gasteiger partial charge in [-0.25, -0.2) is 9.67 Å². The number of carbonyl (C=O) groups excluding carboxylic acids is 1. The van der Waals surface area contributed by atoms with Crippen molar-refractivity contribution >= 4 is 22.9 Å². The van der Waals surface area contributed by atoms with Crippen molar-refractivity contribution in [1.82, 2.24) is 25.2 Å². The number of rotatable bonds is 5. The van der Waals surface area contributed by atoms with Crippen LogP contribution in [0.4, 0.5) is 5.69 Å². The van der Waals surface area contributed by atoms with E-state index >= 15 is 0 Å². The normalized spacial score (nSPS) is 10.8. The molecule has 1 N–H and O–H groups in total. The summed E-state index contributed by atoms with van der Waals surface area (Å²) in [6.45, 7) is 1.89. The number of aromatic nitrogens is 5. The number of benzene rings is 1. The van der Waals surface area contributed by atoms with Gasteiger partial charge in [-0.3, -0.25) is 4.79 Å². The molecular formula is C17H14N6O2S. The summed E-state index contributed by atoms with van der Waals surface area (Å²) < 4.78 is 7.10. The Kier molecular flexibility index (Phi) is 4.28. The Labute approximate surface area is 152 Å². The zero-order valence-electron chi connectivity index (χ0n) is 13.8. The van der Waals surface area contributed by atoms with Gasteiger partial charge in [0.2, 0.25) is 5.91 Å². The Morgan fingerprint density at radius 1 is 1.23 bits per heavy atom. The van der Waals surface area contributed by atoms with Gasteiger partial charge in [-0.1, -0.05) is 0 Å². The first-order valence-corrected chi connectivity index (χ1v) is 8.70.